The zero-order chi connectivity index (χ0) is 20.4. The van der Waals surface area contributed by atoms with Crippen LogP contribution in [0.1, 0.15) is 22.8 Å². The third-order valence-electron chi connectivity index (χ3n) is 4.69. The van der Waals surface area contributed by atoms with Gasteiger partial charge in [0.1, 0.15) is 11.3 Å². The normalized spacial score (nSPS) is 10.9. The number of ether oxygens (including phenoxy) is 2. The molecule has 4 aromatic rings. The first-order valence-corrected chi connectivity index (χ1v) is 9.38. The largest absolute Gasteiger partial charge is 0.497 e. The maximum Gasteiger partial charge on any atom is 0.341 e. The summed E-state index contributed by atoms with van der Waals surface area (Å²) in [4.78, 5) is 17.0. The van der Waals surface area contributed by atoms with Gasteiger partial charge >= 0.3 is 5.97 Å². The molecule has 29 heavy (non-hydrogen) atoms. The number of methoxy groups -OCH3 is 1. The lowest BCUT2D eigenvalue weighted by molar-refractivity contribution is 0.0526. The number of rotatable bonds is 5. The lowest BCUT2D eigenvalue weighted by Gasteiger charge is -2.11. The van der Waals surface area contributed by atoms with Gasteiger partial charge in [0.05, 0.1) is 25.1 Å². The van der Waals surface area contributed by atoms with Gasteiger partial charge in [-0.25, -0.2) is 14.3 Å². The van der Waals surface area contributed by atoms with E-state index in [0.29, 0.717) is 23.5 Å². The number of hydrogen-bond acceptors (Lipinski definition) is 5. The molecule has 0 radical (unpaired) electrons. The number of carbonyl (C=O) groups excluding carboxylic acids is 1. The molecule has 4 rings (SSSR count). The van der Waals surface area contributed by atoms with E-state index in [2.05, 4.69) is 4.98 Å². The second-order valence-corrected chi connectivity index (χ2v) is 6.64. The summed E-state index contributed by atoms with van der Waals surface area (Å²) >= 11 is 0. The molecule has 0 fully saturated rings. The highest BCUT2D eigenvalue weighted by Crippen LogP contribution is 2.28. The van der Waals surface area contributed by atoms with E-state index >= 15 is 0 Å². The van der Waals surface area contributed by atoms with E-state index in [9.17, 15) is 4.79 Å². The average molecular weight is 387 g/mol. The average Bonchev–Trinajstić information content (AvgIpc) is 3.18. The summed E-state index contributed by atoms with van der Waals surface area (Å²) in [6.07, 6.45) is 1.56. The van der Waals surface area contributed by atoms with Crippen LogP contribution in [0.5, 0.6) is 5.75 Å². The van der Waals surface area contributed by atoms with Crippen molar-refractivity contribution < 1.29 is 14.3 Å². The Hall–Kier alpha value is -3.67. The minimum atomic E-state index is -0.418. The summed E-state index contributed by atoms with van der Waals surface area (Å²) in [5, 5.41) is 4.75. The highest BCUT2D eigenvalue weighted by atomic mass is 16.5. The fourth-order valence-corrected chi connectivity index (χ4v) is 3.18. The van der Waals surface area contributed by atoms with Gasteiger partial charge in [-0.15, -0.1) is 0 Å². The van der Waals surface area contributed by atoms with Gasteiger partial charge in [-0.2, -0.15) is 5.10 Å². The number of benzene rings is 2. The predicted molar refractivity (Wildman–Crippen MR) is 111 cm³/mol. The van der Waals surface area contributed by atoms with Crippen LogP contribution < -0.4 is 4.74 Å². The van der Waals surface area contributed by atoms with Crippen molar-refractivity contribution in [3.63, 3.8) is 0 Å². The molecule has 0 spiro atoms. The third kappa shape index (κ3) is 3.57. The summed E-state index contributed by atoms with van der Waals surface area (Å²) in [6.45, 7) is 4.10. The zero-order valence-electron chi connectivity index (χ0n) is 16.5. The smallest absolute Gasteiger partial charge is 0.341 e. The van der Waals surface area contributed by atoms with Gasteiger partial charge in [-0.3, -0.25) is 0 Å². The first-order valence-electron chi connectivity index (χ1n) is 9.38. The fraction of sp³-hybridized carbons (Fsp3) is 0.174. The maximum absolute atomic E-state index is 12.6. The molecule has 0 aliphatic carbocycles. The van der Waals surface area contributed by atoms with Gasteiger partial charge in [-0.1, -0.05) is 29.8 Å². The fourth-order valence-electron chi connectivity index (χ4n) is 3.18. The monoisotopic (exact) mass is 387 g/mol. The molecular formula is C23H21N3O3. The molecule has 0 amide bonds. The van der Waals surface area contributed by atoms with Crippen LogP contribution in [0.3, 0.4) is 0 Å². The Morgan fingerprint density at radius 2 is 1.72 bits per heavy atom. The van der Waals surface area contributed by atoms with Gasteiger partial charge in [-0.05, 0) is 38.1 Å². The number of hydrogen-bond donors (Lipinski definition) is 0. The van der Waals surface area contributed by atoms with Crippen molar-refractivity contribution in [1.82, 2.24) is 14.6 Å². The molecule has 0 atom stereocenters. The summed E-state index contributed by atoms with van der Waals surface area (Å²) < 4.78 is 12.2. The quantitative estimate of drug-likeness (QED) is 0.470. The molecule has 2 aromatic heterocycles. The number of fused-ring (bicyclic) bond motifs is 1. The summed E-state index contributed by atoms with van der Waals surface area (Å²) in [5.41, 5.74) is 5.39. The first kappa shape index (κ1) is 18.7. The lowest BCUT2D eigenvalue weighted by Crippen LogP contribution is -2.11. The van der Waals surface area contributed by atoms with Crippen LogP contribution in [-0.4, -0.2) is 34.3 Å². The zero-order valence-corrected chi connectivity index (χ0v) is 16.5. The Bertz CT molecular complexity index is 1160. The molecule has 0 aliphatic heterocycles. The van der Waals surface area contributed by atoms with Crippen LogP contribution in [0, 0.1) is 6.92 Å². The first-order chi connectivity index (χ1) is 14.1. The minimum absolute atomic E-state index is 0.292. The van der Waals surface area contributed by atoms with Crippen molar-refractivity contribution in [1.29, 1.82) is 0 Å². The van der Waals surface area contributed by atoms with Gasteiger partial charge in [0.25, 0.3) is 0 Å². The predicted octanol–water partition coefficient (Wildman–Crippen LogP) is 4.56. The standard InChI is InChI=1S/C23H21N3O3/c1-4-29-23(27)19-14-24-21-13-20(16-9-11-18(28-3)12-10-16)25-26(21)22(19)17-7-5-15(2)6-8-17/h5-14H,4H2,1-3H3. The SMILES string of the molecule is CCOC(=O)c1cnc2cc(-c3ccc(OC)cc3)nn2c1-c1ccc(C)cc1. The van der Waals surface area contributed by atoms with E-state index in [4.69, 9.17) is 14.6 Å². The molecular weight excluding hydrogens is 366 g/mol. The molecule has 146 valence electrons. The molecule has 0 aliphatic rings. The van der Waals surface area contributed by atoms with Crippen LogP contribution in [0.4, 0.5) is 0 Å². The van der Waals surface area contributed by atoms with Gasteiger partial charge < -0.3 is 9.47 Å². The number of aryl methyl sites for hydroxylation is 1. The summed E-state index contributed by atoms with van der Waals surface area (Å²) in [6, 6.07) is 17.5. The van der Waals surface area contributed by atoms with E-state index in [1.165, 1.54) is 0 Å². The second-order valence-electron chi connectivity index (χ2n) is 6.64. The number of carbonyl (C=O) groups is 1. The van der Waals surface area contributed by atoms with Gasteiger partial charge in [0.2, 0.25) is 0 Å². The van der Waals surface area contributed by atoms with E-state index in [0.717, 1.165) is 28.1 Å². The maximum atomic E-state index is 12.6. The Labute approximate surface area is 168 Å². The summed E-state index contributed by atoms with van der Waals surface area (Å²) in [5.74, 6) is 0.361. The van der Waals surface area contributed by atoms with Crippen molar-refractivity contribution in [3.8, 4) is 28.3 Å². The lowest BCUT2D eigenvalue weighted by atomic mass is 10.1. The second kappa shape index (κ2) is 7.75. The summed E-state index contributed by atoms with van der Waals surface area (Å²) in [7, 11) is 1.63. The topological polar surface area (TPSA) is 65.7 Å². The van der Waals surface area contributed by atoms with Gasteiger partial charge in [0, 0.05) is 23.4 Å². The molecule has 0 saturated carbocycles. The Morgan fingerprint density at radius 3 is 2.38 bits per heavy atom. The van der Waals surface area contributed by atoms with E-state index in [1.54, 1.807) is 24.7 Å². The van der Waals surface area contributed by atoms with Crippen molar-refractivity contribution in [2.75, 3.05) is 13.7 Å². The Kier molecular flexibility index (Phi) is 4.99. The molecule has 6 heteroatoms. The van der Waals surface area contributed by atoms with Crippen molar-refractivity contribution in [3.05, 3.63) is 71.9 Å². The van der Waals surface area contributed by atoms with Crippen molar-refractivity contribution in [2.24, 2.45) is 0 Å². The number of aromatic nitrogens is 3. The molecule has 0 N–H and O–H groups in total. The van der Waals surface area contributed by atoms with Crippen LogP contribution >= 0.6 is 0 Å². The van der Waals surface area contributed by atoms with E-state index in [-0.39, 0.29) is 0 Å². The number of nitrogens with zero attached hydrogens (tertiary/aromatic N) is 3. The van der Waals surface area contributed by atoms with Crippen LogP contribution in [-0.2, 0) is 4.74 Å². The van der Waals surface area contributed by atoms with Crippen LogP contribution in [0.25, 0.3) is 28.2 Å². The van der Waals surface area contributed by atoms with Gasteiger partial charge in [0.15, 0.2) is 5.65 Å². The third-order valence-corrected chi connectivity index (χ3v) is 4.69. The molecule has 6 nitrogen and oxygen atoms in total. The molecule has 0 saturated heterocycles. The van der Waals surface area contributed by atoms with Crippen molar-refractivity contribution >= 4 is 11.6 Å². The molecule has 0 bridgehead atoms. The highest BCUT2D eigenvalue weighted by Gasteiger charge is 2.20. The minimum Gasteiger partial charge on any atom is -0.497 e. The van der Waals surface area contributed by atoms with Crippen molar-refractivity contribution in [2.45, 2.75) is 13.8 Å². The Balaban J connectivity index is 1.91. The molecule has 0 unspecified atom stereocenters. The van der Waals surface area contributed by atoms with E-state index in [1.807, 2.05) is 61.5 Å². The number of esters is 1. The highest BCUT2D eigenvalue weighted by molar-refractivity contribution is 5.96. The van der Waals surface area contributed by atoms with Crippen LogP contribution in [0.15, 0.2) is 60.8 Å². The molecule has 2 heterocycles. The Morgan fingerprint density at radius 1 is 1.03 bits per heavy atom. The molecule has 2 aromatic carbocycles. The van der Waals surface area contributed by atoms with Crippen LogP contribution in [0.2, 0.25) is 0 Å². The van der Waals surface area contributed by atoms with E-state index < -0.39 is 5.97 Å².